The van der Waals surface area contributed by atoms with Gasteiger partial charge in [0.1, 0.15) is 0 Å². The zero-order valence-corrected chi connectivity index (χ0v) is 13.1. The Kier molecular flexibility index (Phi) is 4.80. The molecule has 1 aliphatic heterocycles. The molecule has 0 aliphatic carbocycles. The van der Waals surface area contributed by atoms with Gasteiger partial charge in [-0.3, -0.25) is 0 Å². The average molecular weight is 298 g/mol. The van der Waals surface area contributed by atoms with Gasteiger partial charge in [-0.2, -0.15) is 17.4 Å². The highest BCUT2D eigenvalue weighted by molar-refractivity contribution is 7.87. The summed E-state index contributed by atoms with van der Waals surface area (Å²) in [5.41, 5.74) is 4.48. The maximum Gasteiger partial charge on any atom is 0.279 e. The number of ether oxygens (including phenoxy) is 1. The van der Waals surface area contributed by atoms with E-state index in [1.165, 1.54) is 9.87 Å². The van der Waals surface area contributed by atoms with Gasteiger partial charge in [0.25, 0.3) is 10.2 Å². The van der Waals surface area contributed by atoms with E-state index in [0.717, 1.165) is 16.7 Å². The molecule has 1 fully saturated rings. The van der Waals surface area contributed by atoms with Crippen LogP contribution in [-0.4, -0.2) is 39.0 Å². The summed E-state index contributed by atoms with van der Waals surface area (Å²) in [6.45, 7) is 8.16. The van der Waals surface area contributed by atoms with Gasteiger partial charge in [0.2, 0.25) is 0 Å². The van der Waals surface area contributed by atoms with Crippen LogP contribution in [0.5, 0.6) is 0 Å². The fourth-order valence-electron chi connectivity index (χ4n) is 2.53. The highest BCUT2D eigenvalue weighted by Crippen LogP contribution is 2.16. The lowest BCUT2D eigenvalue weighted by Gasteiger charge is -2.26. The Balaban J connectivity index is 2.08. The van der Waals surface area contributed by atoms with Crippen LogP contribution in [0.2, 0.25) is 0 Å². The molecule has 6 heteroatoms. The van der Waals surface area contributed by atoms with Crippen molar-refractivity contribution < 1.29 is 13.2 Å². The van der Waals surface area contributed by atoms with Crippen LogP contribution >= 0.6 is 0 Å². The minimum atomic E-state index is -3.42. The number of benzene rings is 1. The Labute approximate surface area is 121 Å². The molecule has 2 rings (SSSR count). The fourth-order valence-corrected chi connectivity index (χ4v) is 3.67. The summed E-state index contributed by atoms with van der Waals surface area (Å²) < 4.78 is 33.7. The van der Waals surface area contributed by atoms with Crippen molar-refractivity contribution in [3.05, 3.63) is 34.4 Å². The highest BCUT2D eigenvalue weighted by atomic mass is 32.2. The van der Waals surface area contributed by atoms with E-state index in [9.17, 15) is 8.42 Å². The Morgan fingerprint density at radius 1 is 1.15 bits per heavy atom. The zero-order chi connectivity index (χ0) is 14.8. The minimum absolute atomic E-state index is 0.331. The second-order valence-corrected chi connectivity index (χ2v) is 6.97. The van der Waals surface area contributed by atoms with Crippen LogP contribution in [-0.2, 0) is 21.5 Å². The highest BCUT2D eigenvalue weighted by Gasteiger charge is 2.24. The van der Waals surface area contributed by atoms with Crippen molar-refractivity contribution in [3.8, 4) is 0 Å². The quantitative estimate of drug-likeness (QED) is 0.911. The molecule has 1 aromatic rings. The average Bonchev–Trinajstić information content (AvgIpc) is 2.38. The van der Waals surface area contributed by atoms with Gasteiger partial charge in [0, 0.05) is 19.6 Å². The Hall–Kier alpha value is -0.950. The summed E-state index contributed by atoms with van der Waals surface area (Å²) in [4.78, 5) is 0. The van der Waals surface area contributed by atoms with Crippen LogP contribution in [0, 0.1) is 20.8 Å². The Bertz CT molecular complexity index is 555. The van der Waals surface area contributed by atoms with E-state index in [0.29, 0.717) is 32.8 Å². The number of aryl methyl sites for hydroxylation is 3. The van der Waals surface area contributed by atoms with E-state index in [4.69, 9.17) is 4.74 Å². The number of morpholine rings is 1. The van der Waals surface area contributed by atoms with E-state index in [1.54, 1.807) is 0 Å². The van der Waals surface area contributed by atoms with Gasteiger partial charge in [-0.25, -0.2) is 0 Å². The van der Waals surface area contributed by atoms with Gasteiger partial charge in [0.15, 0.2) is 0 Å². The molecule has 20 heavy (non-hydrogen) atoms. The maximum atomic E-state index is 12.2. The van der Waals surface area contributed by atoms with Gasteiger partial charge in [-0.1, -0.05) is 17.7 Å². The third kappa shape index (κ3) is 3.58. The molecule has 1 aliphatic rings. The molecule has 1 saturated heterocycles. The van der Waals surface area contributed by atoms with Crippen LogP contribution in [0.4, 0.5) is 0 Å². The molecular formula is C14H22N2O3S. The monoisotopic (exact) mass is 298 g/mol. The van der Waals surface area contributed by atoms with Crippen molar-refractivity contribution in [3.63, 3.8) is 0 Å². The largest absolute Gasteiger partial charge is 0.379 e. The molecule has 0 spiro atoms. The third-order valence-corrected chi connectivity index (χ3v) is 5.14. The lowest BCUT2D eigenvalue weighted by molar-refractivity contribution is 0.0725. The van der Waals surface area contributed by atoms with Crippen LogP contribution in [0.25, 0.3) is 0 Å². The van der Waals surface area contributed by atoms with E-state index in [-0.39, 0.29) is 0 Å². The predicted molar refractivity (Wildman–Crippen MR) is 78.8 cm³/mol. The molecule has 0 radical (unpaired) electrons. The van der Waals surface area contributed by atoms with Crippen molar-refractivity contribution in [1.82, 2.24) is 9.03 Å². The number of hydrogen-bond acceptors (Lipinski definition) is 3. The molecule has 0 unspecified atom stereocenters. The van der Waals surface area contributed by atoms with Crippen LogP contribution < -0.4 is 4.72 Å². The van der Waals surface area contributed by atoms with Crippen molar-refractivity contribution in [1.29, 1.82) is 0 Å². The number of hydrogen-bond donors (Lipinski definition) is 1. The molecule has 0 amide bonds. The molecule has 0 saturated carbocycles. The van der Waals surface area contributed by atoms with Gasteiger partial charge in [-0.15, -0.1) is 0 Å². The number of nitrogens with one attached hydrogen (secondary N) is 1. The van der Waals surface area contributed by atoms with Crippen molar-refractivity contribution in [2.45, 2.75) is 27.3 Å². The zero-order valence-electron chi connectivity index (χ0n) is 12.3. The van der Waals surface area contributed by atoms with Crippen LogP contribution in [0.1, 0.15) is 22.3 Å². The molecule has 112 valence electrons. The van der Waals surface area contributed by atoms with E-state index < -0.39 is 10.2 Å². The second-order valence-electron chi connectivity index (χ2n) is 5.21. The first-order valence-electron chi connectivity index (χ1n) is 6.79. The Morgan fingerprint density at radius 2 is 1.70 bits per heavy atom. The number of nitrogens with zero attached hydrogens (tertiary/aromatic N) is 1. The minimum Gasteiger partial charge on any atom is -0.379 e. The summed E-state index contributed by atoms with van der Waals surface area (Å²) in [6.07, 6.45) is 0. The van der Waals surface area contributed by atoms with E-state index in [1.807, 2.05) is 20.8 Å². The van der Waals surface area contributed by atoms with Crippen LogP contribution in [0.15, 0.2) is 12.1 Å². The first-order valence-corrected chi connectivity index (χ1v) is 8.23. The topological polar surface area (TPSA) is 58.6 Å². The normalized spacial score (nSPS) is 17.4. The van der Waals surface area contributed by atoms with Crippen molar-refractivity contribution in [2.75, 3.05) is 26.3 Å². The van der Waals surface area contributed by atoms with Crippen LogP contribution in [0.3, 0.4) is 0 Å². The van der Waals surface area contributed by atoms with Crippen molar-refractivity contribution in [2.24, 2.45) is 0 Å². The summed E-state index contributed by atoms with van der Waals surface area (Å²) >= 11 is 0. The summed E-state index contributed by atoms with van der Waals surface area (Å²) in [7, 11) is -3.42. The summed E-state index contributed by atoms with van der Waals surface area (Å²) in [6, 6.07) is 4.15. The standard InChI is InChI=1S/C14H22N2O3S/c1-11-8-12(2)14(13(3)9-11)10-15-20(17,18)16-4-6-19-7-5-16/h8-9,15H,4-7,10H2,1-3H3. The lowest BCUT2D eigenvalue weighted by atomic mass is 10.0. The molecular weight excluding hydrogens is 276 g/mol. The first kappa shape index (κ1) is 15.4. The first-order chi connectivity index (χ1) is 9.40. The molecule has 1 N–H and O–H groups in total. The Morgan fingerprint density at radius 3 is 2.25 bits per heavy atom. The number of rotatable bonds is 4. The maximum absolute atomic E-state index is 12.2. The molecule has 1 heterocycles. The SMILES string of the molecule is Cc1cc(C)c(CNS(=O)(=O)N2CCOCC2)c(C)c1. The van der Waals surface area contributed by atoms with Gasteiger partial charge >= 0.3 is 0 Å². The summed E-state index contributed by atoms with van der Waals surface area (Å²) in [5, 5.41) is 0. The third-order valence-electron chi connectivity index (χ3n) is 3.58. The lowest BCUT2D eigenvalue weighted by Crippen LogP contribution is -2.46. The van der Waals surface area contributed by atoms with Gasteiger partial charge in [-0.05, 0) is 37.5 Å². The van der Waals surface area contributed by atoms with Crippen molar-refractivity contribution >= 4 is 10.2 Å². The van der Waals surface area contributed by atoms with Gasteiger partial charge in [0.05, 0.1) is 13.2 Å². The fraction of sp³-hybridized carbons (Fsp3) is 0.571. The molecule has 1 aromatic carbocycles. The second kappa shape index (κ2) is 6.22. The predicted octanol–water partition coefficient (Wildman–Crippen LogP) is 1.28. The van der Waals surface area contributed by atoms with E-state index in [2.05, 4.69) is 16.9 Å². The molecule has 5 nitrogen and oxygen atoms in total. The van der Waals surface area contributed by atoms with Gasteiger partial charge < -0.3 is 4.74 Å². The summed E-state index contributed by atoms with van der Waals surface area (Å²) in [5.74, 6) is 0. The van der Waals surface area contributed by atoms with E-state index >= 15 is 0 Å². The molecule has 0 bridgehead atoms. The molecule has 0 atom stereocenters. The smallest absolute Gasteiger partial charge is 0.279 e. The molecule has 0 aromatic heterocycles.